The molecule has 0 bridgehead atoms. The van der Waals surface area contributed by atoms with Crippen molar-refractivity contribution < 1.29 is 19.5 Å². The van der Waals surface area contributed by atoms with Crippen molar-refractivity contribution in [3.8, 4) is 0 Å². The maximum atomic E-state index is 11.5. The Morgan fingerprint density at radius 1 is 1.16 bits per heavy atom. The summed E-state index contributed by atoms with van der Waals surface area (Å²) in [6.07, 6.45) is 1.45. The van der Waals surface area contributed by atoms with Gasteiger partial charge < -0.3 is 21.5 Å². The maximum Gasteiger partial charge on any atom is 0.322 e. The Hall–Kier alpha value is -2.64. The van der Waals surface area contributed by atoms with Gasteiger partial charge in [-0.3, -0.25) is 19.4 Å². The van der Waals surface area contributed by atoms with Gasteiger partial charge in [-0.25, -0.2) is 0 Å². The SMILES string of the molecule is Nc1ccc(CC(=O)NCC(=O)NCC(=O)O)nc1. The summed E-state index contributed by atoms with van der Waals surface area (Å²) >= 11 is 0. The molecule has 0 aliphatic rings. The van der Waals surface area contributed by atoms with Crippen LogP contribution in [0.5, 0.6) is 0 Å². The summed E-state index contributed by atoms with van der Waals surface area (Å²) in [6, 6.07) is 3.23. The molecular formula is C11H14N4O4. The zero-order valence-corrected chi connectivity index (χ0v) is 10.0. The molecule has 8 nitrogen and oxygen atoms in total. The van der Waals surface area contributed by atoms with Gasteiger partial charge in [-0.15, -0.1) is 0 Å². The maximum absolute atomic E-state index is 11.5. The number of nitrogens with zero attached hydrogens (tertiary/aromatic N) is 1. The van der Waals surface area contributed by atoms with Crippen LogP contribution in [0.25, 0.3) is 0 Å². The Balaban J connectivity index is 2.29. The molecule has 102 valence electrons. The summed E-state index contributed by atoms with van der Waals surface area (Å²) in [4.78, 5) is 36.7. The van der Waals surface area contributed by atoms with E-state index in [4.69, 9.17) is 10.8 Å². The lowest BCUT2D eigenvalue weighted by molar-refractivity contribution is -0.137. The van der Waals surface area contributed by atoms with Crippen LogP contribution in [0.15, 0.2) is 18.3 Å². The van der Waals surface area contributed by atoms with Gasteiger partial charge in [0.15, 0.2) is 0 Å². The predicted octanol–water partition coefficient (Wildman–Crippen LogP) is -1.48. The molecule has 8 heteroatoms. The Labute approximate surface area is 109 Å². The van der Waals surface area contributed by atoms with Crippen LogP contribution in [0.4, 0.5) is 5.69 Å². The predicted molar refractivity (Wildman–Crippen MR) is 66.0 cm³/mol. The molecule has 1 rings (SSSR count). The number of hydrogen-bond donors (Lipinski definition) is 4. The minimum Gasteiger partial charge on any atom is -0.480 e. The summed E-state index contributed by atoms with van der Waals surface area (Å²) < 4.78 is 0. The third-order valence-electron chi connectivity index (χ3n) is 2.07. The lowest BCUT2D eigenvalue weighted by atomic mass is 10.2. The number of pyridine rings is 1. The van der Waals surface area contributed by atoms with Crippen molar-refractivity contribution in [2.45, 2.75) is 6.42 Å². The summed E-state index contributed by atoms with van der Waals surface area (Å²) in [5.74, 6) is -2.10. The number of nitrogens with two attached hydrogens (primary N) is 1. The van der Waals surface area contributed by atoms with E-state index in [-0.39, 0.29) is 18.9 Å². The number of anilines is 1. The third-order valence-corrected chi connectivity index (χ3v) is 2.07. The fourth-order valence-electron chi connectivity index (χ4n) is 1.18. The van der Waals surface area contributed by atoms with Gasteiger partial charge in [0.2, 0.25) is 11.8 Å². The molecule has 0 aliphatic carbocycles. The van der Waals surface area contributed by atoms with Gasteiger partial charge in [0.05, 0.1) is 24.8 Å². The Bertz CT molecular complexity index is 472. The van der Waals surface area contributed by atoms with Crippen molar-refractivity contribution in [1.82, 2.24) is 15.6 Å². The second kappa shape index (κ2) is 6.94. The van der Waals surface area contributed by atoms with E-state index in [1.54, 1.807) is 12.1 Å². The average molecular weight is 266 g/mol. The van der Waals surface area contributed by atoms with Gasteiger partial charge in [0.25, 0.3) is 0 Å². The number of carbonyl (C=O) groups is 3. The van der Waals surface area contributed by atoms with Crippen molar-refractivity contribution >= 4 is 23.5 Å². The number of carbonyl (C=O) groups excluding carboxylic acids is 2. The van der Waals surface area contributed by atoms with Crippen LogP contribution in [-0.4, -0.2) is 41.0 Å². The zero-order valence-electron chi connectivity index (χ0n) is 10.0. The zero-order chi connectivity index (χ0) is 14.3. The highest BCUT2D eigenvalue weighted by Crippen LogP contribution is 2.01. The van der Waals surface area contributed by atoms with Crippen molar-refractivity contribution in [1.29, 1.82) is 0 Å². The van der Waals surface area contributed by atoms with E-state index in [0.29, 0.717) is 11.4 Å². The first kappa shape index (κ1) is 14.4. The van der Waals surface area contributed by atoms with Gasteiger partial charge >= 0.3 is 5.97 Å². The molecule has 0 radical (unpaired) electrons. The normalized spacial score (nSPS) is 9.68. The number of carboxylic acids is 1. The molecule has 1 aromatic rings. The molecule has 1 heterocycles. The van der Waals surface area contributed by atoms with Crippen molar-refractivity contribution in [3.05, 3.63) is 24.0 Å². The lowest BCUT2D eigenvalue weighted by Crippen LogP contribution is -2.39. The largest absolute Gasteiger partial charge is 0.480 e. The average Bonchev–Trinajstić information content (AvgIpc) is 2.36. The highest BCUT2D eigenvalue weighted by molar-refractivity contribution is 5.87. The highest BCUT2D eigenvalue weighted by Gasteiger charge is 2.08. The smallest absolute Gasteiger partial charge is 0.322 e. The number of rotatable bonds is 6. The quantitative estimate of drug-likeness (QED) is 0.496. The monoisotopic (exact) mass is 266 g/mol. The standard InChI is InChI=1S/C11H14N4O4/c12-7-1-2-8(13-4-7)3-9(16)14-5-10(17)15-6-11(18)19/h1-2,4H,3,5-6,12H2,(H,14,16)(H,15,17)(H,18,19). The van der Waals surface area contributed by atoms with E-state index in [1.807, 2.05) is 0 Å². The van der Waals surface area contributed by atoms with Crippen molar-refractivity contribution in [2.24, 2.45) is 0 Å². The number of aliphatic carboxylic acids is 1. The molecule has 0 unspecified atom stereocenters. The first-order valence-electron chi connectivity index (χ1n) is 5.43. The van der Waals surface area contributed by atoms with E-state index in [9.17, 15) is 14.4 Å². The van der Waals surface area contributed by atoms with E-state index in [0.717, 1.165) is 0 Å². The van der Waals surface area contributed by atoms with Crippen LogP contribution in [0, 0.1) is 0 Å². The van der Waals surface area contributed by atoms with Crippen LogP contribution in [0.1, 0.15) is 5.69 Å². The minimum atomic E-state index is -1.15. The number of nitrogen functional groups attached to an aromatic ring is 1. The molecule has 0 fully saturated rings. The highest BCUT2D eigenvalue weighted by atomic mass is 16.4. The first-order chi connectivity index (χ1) is 8.97. The molecule has 0 aromatic carbocycles. The molecule has 5 N–H and O–H groups in total. The molecule has 1 aromatic heterocycles. The third kappa shape index (κ3) is 6.01. The molecular weight excluding hydrogens is 252 g/mol. The van der Waals surface area contributed by atoms with Crippen molar-refractivity contribution in [3.63, 3.8) is 0 Å². The molecule has 0 saturated carbocycles. The number of hydrogen-bond acceptors (Lipinski definition) is 5. The molecule has 0 aliphatic heterocycles. The van der Waals surface area contributed by atoms with Gasteiger partial charge in [-0.2, -0.15) is 0 Å². The Kier molecular flexibility index (Phi) is 5.27. The van der Waals surface area contributed by atoms with Gasteiger partial charge in [0.1, 0.15) is 6.54 Å². The van der Waals surface area contributed by atoms with E-state index < -0.39 is 18.4 Å². The van der Waals surface area contributed by atoms with Crippen molar-refractivity contribution in [2.75, 3.05) is 18.8 Å². The van der Waals surface area contributed by atoms with Crippen LogP contribution < -0.4 is 16.4 Å². The summed E-state index contributed by atoms with van der Waals surface area (Å²) in [5, 5.41) is 12.8. The number of aromatic nitrogens is 1. The van der Waals surface area contributed by atoms with Crippen LogP contribution in [-0.2, 0) is 20.8 Å². The summed E-state index contributed by atoms with van der Waals surface area (Å²) in [6.45, 7) is -0.755. The Morgan fingerprint density at radius 2 is 1.84 bits per heavy atom. The number of nitrogens with one attached hydrogen (secondary N) is 2. The fraction of sp³-hybridized carbons (Fsp3) is 0.273. The molecule has 0 spiro atoms. The fourth-order valence-corrected chi connectivity index (χ4v) is 1.18. The topological polar surface area (TPSA) is 134 Å². The minimum absolute atomic E-state index is 0.0203. The van der Waals surface area contributed by atoms with Gasteiger partial charge in [-0.1, -0.05) is 0 Å². The summed E-state index contributed by atoms with van der Waals surface area (Å²) in [5.41, 5.74) is 6.47. The summed E-state index contributed by atoms with van der Waals surface area (Å²) in [7, 11) is 0. The van der Waals surface area contributed by atoms with Gasteiger partial charge in [-0.05, 0) is 12.1 Å². The molecule has 0 saturated heterocycles. The number of carboxylic acid groups (broad SMARTS) is 1. The molecule has 2 amide bonds. The second-order valence-corrected chi connectivity index (χ2v) is 3.71. The first-order valence-corrected chi connectivity index (χ1v) is 5.43. The van der Waals surface area contributed by atoms with E-state index in [1.165, 1.54) is 6.20 Å². The number of amides is 2. The van der Waals surface area contributed by atoms with Gasteiger partial charge in [0, 0.05) is 5.69 Å². The molecule has 19 heavy (non-hydrogen) atoms. The van der Waals surface area contributed by atoms with E-state index >= 15 is 0 Å². The molecule has 0 atom stereocenters. The van der Waals surface area contributed by atoms with Crippen LogP contribution >= 0.6 is 0 Å². The van der Waals surface area contributed by atoms with E-state index in [2.05, 4.69) is 15.6 Å². The van der Waals surface area contributed by atoms with Crippen LogP contribution in [0.2, 0.25) is 0 Å². The second-order valence-electron chi connectivity index (χ2n) is 3.71. The van der Waals surface area contributed by atoms with Crippen LogP contribution in [0.3, 0.4) is 0 Å². The Morgan fingerprint density at radius 3 is 2.42 bits per heavy atom. The lowest BCUT2D eigenvalue weighted by Gasteiger charge is -2.05.